The van der Waals surface area contributed by atoms with Gasteiger partial charge in [-0.3, -0.25) is 0 Å². The highest BCUT2D eigenvalue weighted by molar-refractivity contribution is 7.91. The Balaban J connectivity index is 2.03. The van der Waals surface area contributed by atoms with Crippen LogP contribution in [-0.4, -0.2) is 38.6 Å². The summed E-state index contributed by atoms with van der Waals surface area (Å²) >= 11 is 0. The van der Waals surface area contributed by atoms with Crippen LogP contribution >= 0.6 is 0 Å². The van der Waals surface area contributed by atoms with E-state index in [1.165, 1.54) is 5.56 Å². The third-order valence-electron chi connectivity index (χ3n) is 3.66. The molecule has 1 heterocycles. The highest BCUT2D eigenvalue weighted by Gasteiger charge is 2.37. The summed E-state index contributed by atoms with van der Waals surface area (Å²) in [6.45, 7) is 5.05. The van der Waals surface area contributed by atoms with Gasteiger partial charge in [0.25, 0.3) is 0 Å². The van der Waals surface area contributed by atoms with E-state index in [1.54, 1.807) is 0 Å². The summed E-state index contributed by atoms with van der Waals surface area (Å²) in [6, 6.07) is 8.02. The molecule has 1 aliphatic rings. The molecule has 0 saturated carbocycles. The fourth-order valence-electron chi connectivity index (χ4n) is 2.60. The minimum Gasteiger partial charge on any atom is -0.380 e. The van der Waals surface area contributed by atoms with Crippen LogP contribution in [0, 0.1) is 6.92 Å². The number of benzene rings is 1. The molecule has 5 heteroatoms. The molecule has 1 saturated heterocycles. The molecule has 0 radical (unpaired) electrons. The van der Waals surface area contributed by atoms with Gasteiger partial charge in [-0.25, -0.2) is 8.42 Å². The Hall–Kier alpha value is -1.07. The molecular weight excluding hydrogens is 272 g/mol. The second-order valence-corrected chi connectivity index (χ2v) is 7.77. The van der Waals surface area contributed by atoms with Crippen molar-refractivity contribution in [3.8, 4) is 0 Å². The lowest BCUT2D eigenvalue weighted by Gasteiger charge is -2.22. The number of hydrogen-bond donors (Lipinski definition) is 2. The van der Waals surface area contributed by atoms with Crippen molar-refractivity contribution in [2.24, 2.45) is 0 Å². The Morgan fingerprint density at radius 2 is 2.00 bits per heavy atom. The first-order valence-corrected chi connectivity index (χ1v) is 9.09. The van der Waals surface area contributed by atoms with Gasteiger partial charge in [0.1, 0.15) is 0 Å². The van der Waals surface area contributed by atoms with E-state index in [4.69, 9.17) is 0 Å². The van der Waals surface area contributed by atoms with E-state index >= 15 is 0 Å². The van der Waals surface area contributed by atoms with Crippen molar-refractivity contribution < 1.29 is 8.42 Å². The van der Waals surface area contributed by atoms with Crippen LogP contribution in [0.2, 0.25) is 0 Å². The van der Waals surface area contributed by atoms with Gasteiger partial charge in [0.15, 0.2) is 9.84 Å². The maximum atomic E-state index is 11.9. The maximum Gasteiger partial charge on any atom is 0.153 e. The fraction of sp³-hybridized carbons (Fsp3) is 0.600. The van der Waals surface area contributed by atoms with Crippen LogP contribution in [-0.2, 0) is 9.84 Å². The first kappa shape index (κ1) is 15.3. The van der Waals surface area contributed by atoms with Crippen LogP contribution in [0.25, 0.3) is 0 Å². The van der Waals surface area contributed by atoms with E-state index in [9.17, 15) is 8.42 Å². The van der Waals surface area contributed by atoms with Crippen LogP contribution in [0.3, 0.4) is 0 Å². The van der Waals surface area contributed by atoms with E-state index < -0.39 is 9.84 Å². The molecule has 4 nitrogen and oxygen atoms in total. The zero-order chi connectivity index (χ0) is 14.6. The molecule has 0 spiro atoms. The quantitative estimate of drug-likeness (QED) is 0.788. The average Bonchev–Trinajstić information content (AvgIpc) is 2.64. The summed E-state index contributed by atoms with van der Waals surface area (Å²) in [7, 11) is -2.94. The Kier molecular flexibility index (Phi) is 5.05. The normalized spacial score (nSPS) is 24.7. The van der Waals surface area contributed by atoms with Gasteiger partial charge in [-0.2, -0.15) is 0 Å². The minimum atomic E-state index is -2.94. The molecular formula is C15H24N2O2S. The predicted octanol–water partition coefficient (Wildman–Crippen LogP) is 1.96. The summed E-state index contributed by atoms with van der Waals surface area (Å²) in [6.07, 6.45) is 2.19. The number of rotatable bonds is 6. The molecule has 1 aliphatic heterocycles. The molecule has 1 aromatic carbocycles. The van der Waals surface area contributed by atoms with Crippen molar-refractivity contribution in [1.29, 1.82) is 0 Å². The molecule has 20 heavy (non-hydrogen) atoms. The van der Waals surface area contributed by atoms with E-state index in [1.807, 2.05) is 31.2 Å². The number of nitrogens with one attached hydrogen (secondary N) is 2. The van der Waals surface area contributed by atoms with Gasteiger partial charge >= 0.3 is 0 Å². The first-order chi connectivity index (χ1) is 9.50. The van der Waals surface area contributed by atoms with Gasteiger partial charge < -0.3 is 10.6 Å². The molecule has 0 bridgehead atoms. The van der Waals surface area contributed by atoms with E-state index in [2.05, 4.69) is 17.6 Å². The zero-order valence-electron chi connectivity index (χ0n) is 12.2. The highest BCUT2D eigenvalue weighted by Crippen LogP contribution is 2.19. The van der Waals surface area contributed by atoms with Crippen molar-refractivity contribution in [2.75, 3.05) is 23.4 Å². The van der Waals surface area contributed by atoms with Crippen LogP contribution in [0.5, 0.6) is 0 Å². The summed E-state index contributed by atoms with van der Waals surface area (Å²) in [5.74, 6) is 0.449. The van der Waals surface area contributed by atoms with Crippen molar-refractivity contribution >= 4 is 15.5 Å². The largest absolute Gasteiger partial charge is 0.380 e. The van der Waals surface area contributed by atoms with Gasteiger partial charge in [-0.05, 0) is 37.6 Å². The number of sulfone groups is 1. The average molecular weight is 296 g/mol. The molecule has 2 N–H and O–H groups in total. The standard InChI is InChI=1S/C15H24N2O2S/c1-3-4-8-16-14-10-20(18,19)11-15(14)17-13-7-5-6-12(2)9-13/h5-7,9,14-17H,3-4,8,10-11H2,1-2H3. The number of hydrogen-bond acceptors (Lipinski definition) is 4. The first-order valence-electron chi connectivity index (χ1n) is 7.27. The third-order valence-corrected chi connectivity index (χ3v) is 5.39. The smallest absolute Gasteiger partial charge is 0.153 e. The van der Waals surface area contributed by atoms with Crippen molar-refractivity contribution in [1.82, 2.24) is 5.32 Å². The molecule has 2 rings (SSSR count). The van der Waals surface area contributed by atoms with Gasteiger partial charge in [-0.1, -0.05) is 25.5 Å². The summed E-state index contributed by atoms with van der Waals surface area (Å²) in [4.78, 5) is 0. The Morgan fingerprint density at radius 1 is 1.25 bits per heavy atom. The molecule has 0 aromatic heterocycles. The monoisotopic (exact) mass is 296 g/mol. The molecule has 1 aromatic rings. The second-order valence-electron chi connectivity index (χ2n) is 5.61. The van der Waals surface area contributed by atoms with Crippen LogP contribution in [0.15, 0.2) is 24.3 Å². The maximum absolute atomic E-state index is 11.9. The molecule has 112 valence electrons. The van der Waals surface area contributed by atoms with E-state index in [0.717, 1.165) is 25.1 Å². The Bertz CT molecular complexity index is 543. The highest BCUT2D eigenvalue weighted by atomic mass is 32.2. The van der Waals surface area contributed by atoms with Crippen molar-refractivity contribution in [3.05, 3.63) is 29.8 Å². The molecule has 1 fully saturated rings. The minimum absolute atomic E-state index is 0.00654. The lowest BCUT2D eigenvalue weighted by atomic mass is 10.1. The van der Waals surface area contributed by atoms with Gasteiger partial charge in [0.05, 0.1) is 17.5 Å². The van der Waals surface area contributed by atoms with E-state index in [0.29, 0.717) is 0 Å². The SMILES string of the molecule is CCCCNC1CS(=O)(=O)CC1Nc1cccc(C)c1. The lowest BCUT2D eigenvalue weighted by Crippen LogP contribution is -2.43. The third kappa shape index (κ3) is 4.21. The molecule has 0 aliphatic carbocycles. The number of anilines is 1. The molecule has 0 amide bonds. The van der Waals surface area contributed by atoms with E-state index in [-0.39, 0.29) is 23.6 Å². The summed E-state index contributed by atoms with van der Waals surface area (Å²) < 4.78 is 23.7. The van der Waals surface area contributed by atoms with Crippen LogP contribution in [0.1, 0.15) is 25.3 Å². The Labute approximate surface area is 121 Å². The number of aryl methyl sites for hydroxylation is 1. The molecule has 2 unspecified atom stereocenters. The van der Waals surface area contributed by atoms with Crippen molar-refractivity contribution in [3.63, 3.8) is 0 Å². The van der Waals surface area contributed by atoms with Gasteiger partial charge in [-0.15, -0.1) is 0 Å². The van der Waals surface area contributed by atoms with Crippen molar-refractivity contribution in [2.45, 2.75) is 38.8 Å². The zero-order valence-corrected chi connectivity index (χ0v) is 13.0. The lowest BCUT2D eigenvalue weighted by molar-refractivity contribution is 0.511. The Morgan fingerprint density at radius 3 is 2.70 bits per heavy atom. The fourth-order valence-corrected chi connectivity index (χ4v) is 4.50. The topological polar surface area (TPSA) is 58.2 Å². The van der Waals surface area contributed by atoms with Crippen LogP contribution in [0.4, 0.5) is 5.69 Å². The van der Waals surface area contributed by atoms with Crippen LogP contribution < -0.4 is 10.6 Å². The second kappa shape index (κ2) is 6.59. The number of unbranched alkanes of at least 4 members (excludes halogenated alkanes) is 1. The summed E-state index contributed by atoms with van der Waals surface area (Å²) in [5.41, 5.74) is 2.17. The predicted molar refractivity (Wildman–Crippen MR) is 83.9 cm³/mol. The van der Waals surface area contributed by atoms with Gasteiger partial charge in [0.2, 0.25) is 0 Å². The molecule has 2 atom stereocenters. The van der Waals surface area contributed by atoms with Gasteiger partial charge in [0, 0.05) is 11.7 Å². The summed E-state index contributed by atoms with van der Waals surface area (Å²) in [5, 5.41) is 6.75.